The van der Waals surface area contributed by atoms with Gasteiger partial charge in [0, 0.05) is 56.8 Å². The number of amides is 3. The van der Waals surface area contributed by atoms with E-state index in [1.807, 2.05) is 68.7 Å². The molecule has 3 heterocycles. The van der Waals surface area contributed by atoms with Gasteiger partial charge in [-0.2, -0.15) is 10.2 Å². The monoisotopic (exact) mass is 606 g/mol. The maximum Gasteiger partial charge on any atom is 0.320 e. The maximum atomic E-state index is 13.3. The number of aromatic nitrogens is 1. The Hall–Kier alpha value is -3.59. The van der Waals surface area contributed by atoms with Gasteiger partial charge in [-0.25, -0.2) is 4.79 Å². The van der Waals surface area contributed by atoms with Gasteiger partial charge in [0.05, 0.1) is 5.71 Å². The van der Waals surface area contributed by atoms with Crippen LogP contribution < -0.4 is 5.32 Å². The molecule has 1 saturated heterocycles. The Balaban J connectivity index is 0.00000125. The second-order valence-corrected chi connectivity index (χ2v) is 11.9. The van der Waals surface area contributed by atoms with E-state index in [1.165, 1.54) is 0 Å². The zero-order chi connectivity index (χ0) is 32.6. The van der Waals surface area contributed by atoms with E-state index in [9.17, 15) is 9.59 Å². The fourth-order valence-corrected chi connectivity index (χ4v) is 4.75. The Morgan fingerprint density at radius 2 is 1.77 bits per heavy atom. The molecule has 0 spiro atoms. The normalized spacial score (nSPS) is 17.0. The van der Waals surface area contributed by atoms with E-state index in [4.69, 9.17) is 5.11 Å². The number of carbonyl (C=O) groups is 2. The quantitative estimate of drug-likeness (QED) is 0.175. The van der Waals surface area contributed by atoms with Crippen molar-refractivity contribution in [3.8, 4) is 0 Å². The molecule has 0 aromatic carbocycles. The van der Waals surface area contributed by atoms with E-state index in [0.29, 0.717) is 37.2 Å². The third-order valence-corrected chi connectivity index (χ3v) is 7.95. The first kappa shape index (κ1) is 36.6. The molecule has 242 valence electrons. The van der Waals surface area contributed by atoms with Gasteiger partial charge >= 0.3 is 6.03 Å². The van der Waals surface area contributed by atoms with Gasteiger partial charge in [0.1, 0.15) is 5.69 Å². The average molecular weight is 607 g/mol. The fraction of sp³-hybridized carbons (Fsp3) is 0.571. The van der Waals surface area contributed by atoms with Crippen molar-refractivity contribution in [3.05, 3.63) is 64.2 Å². The molecule has 0 aliphatic carbocycles. The van der Waals surface area contributed by atoms with Crippen LogP contribution in [-0.2, 0) is 13.0 Å². The number of carbonyl (C=O) groups excluding carboxylic acids is 2. The molecular formula is C35H54N6O3. The van der Waals surface area contributed by atoms with Gasteiger partial charge in [-0.3, -0.25) is 9.78 Å². The van der Waals surface area contributed by atoms with Gasteiger partial charge in [-0.1, -0.05) is 46.8 Å². The minimum Gasteiger partial charge on any atom is -0.396 e. The Labute approximate surface area is 264 Å². The highest BCUT2D eigenvalue weighted by Crippen LogP contribution is 2.22. The molecule has 9 nitrogen and oxygen atoms in total. The lowest BCUT2D eigenvalue weighted by atomic mass is 9.96. The van der Waals surface area contributed by atoms with Crippen molar-refractivity contribution in [2.75, 3.05) is 26.2 Å². The van der Waals surface area contributed by atoms with Gasteiger partial charge in [-0.15, -0.1) is 0 Å². The van der Waals surface area contributed by atoms with Crippen molar-refractivity contribution in [1.29, 1.82) is 0 Å². The van der Waals surface area contributed by atoms with E-state index in [2.05, 4.69) is 41.3 Å². The number of urea groups is 1. The van der Waals surface area contributed by atoms with Crippen molar-refractivity contribution in [2.45, 2.75) is 94.0 Å². The summed E-state index contributed by atoms with van der Waals surface area (Å²) in [5.41, 5.74) is 6.27. The van der Waals surface area contributed by atoms with Gasteiger partial charge < -0.3 is 20.2 Å². The van der Waals surface area contributed by atoms with Crippen molar-refractivity contribution >= 4 is 23.9 Å². The van der Waals surface area contributed by atoms with Gasteiger partial charge in [0.15, 0.2) is 0 Å². The molecule has 0 bridgehead atoms. The van der Waals surface area contributed by atoms with Gasteiger partial charge in [0.25, 0.3) is 5.91 Å². The van der Waals surface area contributed by atoms with Crippen molar-refractivity contribution in [3.63, 3.8) is 0 Å². The number of rotatable bonds is 10. The maximum absolute atomic E-state index is 13.3. The molecule has 1 aromatic heterocycles. The molecule has 0 saturated carbocycles. The lowest BCUT2D eigenvalue weighted by molar-refractivity contribution is 0.0961. The number of hydrogen-bond donors (Lipinski definition) is 2. The summed E-state index contributed by atoms with van der Waals surface area (Å²) in [5.74, 6) is 0.477. The summed E-state index contributed by atoms with van der Waals surface area (Å²) in [7, 11) is 0. The number of hydrogen-bond acceptors (Lipinski definition) is 6. The Morgan fingerprint density at radius 1 is 1.09 bits per heavy atom. The van der Waals surface area contributed by atoms with E-state index in [-0.39, 0.29) is 11.9 Å². The van der Waals surface area contributed by atoms with Crippen LogP contribution in [0.4, 0.5) is 4.79 Å². The molecule has 9 heteroatoms. The molecule has 2 N–H and O–H groups in total. The van der Waals surface area contributed by atoms with Gasteiger partial charge in [0.2, 0.25) is 0 Å². The largest absolute Gasteiger partial charge is 0.396 e. The van der Waals surface area contributed by atoms with E-state index >= 15 is 0 Å². The fourth-order valence-electron chi connectivity index (χ4n) is 4.75. The number of likely N-dealkylation sites (tertiary alicyclic amines) is 1. The average Bonchev–Trinajstić information content (AvgIpc) is 3.58. The summed E-state index contributed by atoms with van der Waals surface area (Å²) >= 11 is 0. The summed E-state index contributed by atoms with van der Waals surface area (Å²) in [6.45, 7) is 19.4. The first-order chi connectivity index (χ1) is 21.1. The van der Waals surface area contributed by atoms with Crippen LogP contribution >= 0.6 is 0 Å². The van der Waals surface area contributed by atoms with Crippen LogP contribution in [0.5, 0.6) is 0 Å². The highest BCUT2D eigenvalue weighted by atomic mass is 16.3. The van der Waals surface area contributed by atoms with Crippen LogP contribution in [0, 0.1) is 11.8 Å². The highest BCUT2D eigenvalue weighted by molar-refractivity contribution is 6.01. The smallest absolute Gasteiger partial charge is 0.320 e. The Morgan fingerprint density at radius 3 is 2.36 bits per heavy atom. The summed E-state index contributed by atoms with van der Waals surface area (Å²) < 4.78 is 0. The molecule has 1 aromatic rings. The summed E-state index contributed by atoms with van der Waals surface area (Å²) in [5, 5.41) is 19.7. The number of pyridine rings is 1. The lowest BCUT2D eigenvalue weighted by Crippen LogP contribution is -2.44. The SMILES string of the molecule is CC(C)CO.C\C=N/N=C(/C(C)=C/C=C\C(NC(=O)c1cc2c(cn1)CCN(C(=O)N1CCCC1)C2)=C(C)CC)C(C)CC. The summed E-state index contributed by atoms with van der Waals surface area (Å²) in [6, 6.07) is 1.94. The third kappa shape index (κ3) is 11.2. The second-order valence-electron chi connectivity index (χ2n) is 11.9. The van der Waals surface area contributed by atoms with Crippen LogP contribution in [0.1, 0.15) is 103 Å². The van der Waals surface area contributed by atoms with Crippen LogP contribution in [0.2, 0.25) is 0 Å². The molecule has 2 aliphatic rings. The number of aliphatic hydroxyl groups is 1. The van der Waals surface area contributed by atoms with Crippen LogP contribution in [0.25, 0.3) is 0 Å². The predicted octanol–water partition coefficient (Wildman–Crippen LogP) is 6.70. The summed E-state index contributed by atoms with van der Waals surface area (Å²) in [6.07, 6.45) is 14.0. The summed E-state index contributed by atoms with van der Waals surface area (Å²) in [4.78, 5) is 34.4. The molecule has 3 amide bonds. The lowest BCUT2D eigenvalue weighted by Gasteiger charge is -2.32. The minimum atomic E-state index is -0.256. The molecule has 1 atom stereocenters. The molecule has 1 unspecified atom stereocenters. The second kappa shape index (κ2) is 18.9. The number of aliphatic hydroxyl groups excluding tert-OH is 1. The van der Waals surface area contributed by atoms with Crippen molar-refractivity contribution < 1.29 is 14.7 Å². The first-order valence-corrected chi connectivity index (χ1v) is 16.1. The molecule has 1 fully saturated rings. The zero-order valence-corrected chi connectivity index (χ0v) is 28.2. The zero-order valence-electron chi connectivity index (χ0n) is 28.2. The Kier molecular flexibility index (Phi) is 15.8. The topological polar surface area (TPSA) is 110 Å². The van der Waals surface area contributed by atoms with Gasteiger partial charge in [-0.05, 0) is 93.2 Å². The predicted molar refractivity (Wildman–Crippen MR) is 181 cm³/mol. The molecule has 3 rings (SSSR count). The van der Waals surface area contributed by atoms with E-state index < -0.39 is 0 Å². The molecule has 2 aliphatic heterocycles. The molecular weight excluding hydrogens is 552 g/mol. The van der Waals surface area contributed by atoms with E-state index in [0.717, 1.165) is 78.9 Å². The minimum absolute atomic E-state index is 0.0984. The number of fused-ring (bicyclic) bond motifs is 1. The van der Waals surface area contributed by atoms with Crippen LogP contribution in [0.15, 0.2) is 57.5 Å². The molecule has 44 heavy (non-hydrogen) atoms. The highest BCUT2D eigenvalue weighted by Gasteiger charge is 2.27. The third-order valence-electron chi connectivity index (χ3n) is 7.95. The number of allylic oxidation sites excluding steroid dienone is 5. The van der Waals surface area contributed by atoms with Crippen molar-refractivity contribution in [1.82, 2.24) is 20.1 Å². The Bertz CT molecular complexity index is 1250. The molecule has 0 radical (unpaired) electrons. The van der Waals surface area contributed by atoms with Crippen LogP contribution in [0.3, 0.4) is 0 Å². The van der Waals surface area contributed by atoms with Crippen molar-refractivity contribution in [2.24, 2.45) is 22.0 Å². The van der Waals surface area contributed by atoms with E-state index in [1.54, 1.807) is 12.4 Å². The van der Waals surface area contributed by atoms with Crippen LogP contribution in [-0.4, -0.2) is 70.0 Å². The first-order valence-electron chi connectivity index (χ1n) is 16.1. The number of nitrogens with one attached hydrogen (secondary N) is 1. The standard InChI is InChI=1S/C31H44N6O2.C4H10O/c1-7-22(4)27(14-12-13-24(6)29(23(5)8-2)35-33-9-3)34-30(38)28-19-26-21-37(18-15-25(26)20-32-28)31(39)36-16-10-11-17-36;1-4(2)3-5/h9,12-14,19-20,23H,7-8,10-11,15-18,21H2,1-6H3,(H,34,38);4-5H,3H2,1-2H3/b14-12-,24-13+,27-22?,33-9-,35-29+;. The number of nitrogens with zero attached hydrogens (tertiary/aromatic N) is 5.